The number of rotatable bonds is 1. The minimum absolute atomic E-state index is 0.209. The summed E-state index contributed by atoms with van der Waals surface area (Å²) >= 11 is 0. The summed E-state index contributed by atoms with van der Waals surface area (Å²) in [5.74, 6) is -0.258. The van der Waals surface area contributed by atoms with E-state index >= 15 is 0 Å². The van der Waals surface area contributed by atoms with Gasteiger partial charge in [-0.2, -0.15) is 5.26 Å². The van der Waals surface area contributed by atoms with Crippen LogP contribution in [0.4, 0.5) is 4.39 Å². The van der Waals surface area contributed by atoms with Gasteiger partial charge in [-0.3, -0.25) is 0 Å². The first-order valence-corrected chi connectivity index (χ1v) is 4.72. The van der Waals surface area contributed by atoms with Gasteiger partial charge in [-0.05, 0) is 25.5 Å². The molecule has 0 aliphatic heterocycles. The molecule has 0 aliphatic rings. The van der Waals surface area contributed by atoms with E-state index in [1.54, 1.807) is 26.0 Å². The maximum absolute atomic E-state index is 13.6. The molecule has 1 heterocycles. The predicted molar refractivity (Wildman–Crippen MR) is 55.5 cm³/mol. The second-order valence-electron chi connectivity index (χ2n) is 3.50. The van der Waals surface area contributed by atoms with Crippen molar-refractivity contribution in [1.29, 1.82) is 5.26 Å². The zero-order valence-corrected chi connectivity index (χ0v) is 8.90. The topological polar surface area (TPSA) is 54.5 Å². The Morgan fingerprint density at radius 3 is 2.75 bits per heavy atom. The Bertz CT molecular complexity index is 580. The smallest absolute Gasteiger partial charge is 0.183 e. The van der Waals surface area contributed by atoms with Gasteiger partial charge in [0.15, 0.2) is 5.69 Å². The maximum Gasteiger partial charge on any atom is 0.183 e. The molecule has 0 radical (unpaired) electrons. The Morgan fingerprint density at radius 2 is 2.12 bits per heavy atom. The SMILES string of the molecule is Cc1ccc(-n2cc(C#N)nn2)c(C)c1F. The Labute approximate surface area is 91.9 Å². The van der Waals surface area contributed by atoms with Gasteiger partial charge in [0.2, 0.25) is 0 Å². The summed E-state index contributed by atoms with van der Waals surface area (Å²) in [5, 5.41) is 16.0. The van der Waals surface area contributed by atoms with E-state index < -0.39 is 0 Å². The van der Waals surface area contributed by atoms with Crippen molar-refractivity contribution in [3.8, 4) is 11.8 Å². The minimum atomic E-state index is -0.258. The van der Waals surface area contributed by atoms with Crippen LogP contribution < -0.4 is 0 Å². The molecule has 0 unspecified atom stereocenters. The summed E-state index contributed by atoms with van der Waals surface area (Å²) in [6.07, 6.45) is 1.47. The van der Waals surface area contributed by atoms with Gasteiger partial charge in [0.05, 0.1) is 11.9 Å². The van der Waals surface area contributed by atoms with E-state index in [1.807, 2.05) is 6.07 Å². The summed E-state index contributed by atoms with van der Waals surface area (Å²) in [7, 11) is 0. The van der Waals surface area contributed by atoms with E-state index in [0.717, 1.165) is 0 Å². The standard InChI is InChI=1S/C11H9FN4/c1-7-3-4-10(8(2)11(7)12)16-6-9(5-13)14-15-16/h3-4,6H,1-2H3. The number of hydrogen-bond donors (Lipinski definition) is 0. The first-order chi connectivity index (χ1) is 7.63. The van der Waals surface area contributed by atoms with Gasteiger partial charge in [0.1, 0.15) is 11.9 Å². The lowest BCUT2D eigenvalue weighted by Gasteiger charge is -2.07. The largest absolute Gasteiger partial charge is 0.219 e. The van der Waals surface area contributed by atoms with Crippen LogP contribution in [0.5, 0.6) is 0 Å². The molecule has 16 heavy (non-hydrogen) atoms. The Balaban J connectivity index is 2.57. The quantitative estimate of drug-likeness (QED) is 0.731. The number of benzene rings is 1. The van der Waals surface area contributed by atoms with E-state index in [1.165, 1.54) is 10.9 Å². The second kappa shape index (κ2) is 3.74. The molecule has 1 aromatic carbocycles. The number of nitrogens with zero attached hydrogens (tertiary/aromatic N) is 4. The van der Waals surface area contributed by atoms with Crippen molar-refractivity contribution in [2.45, 2.75) is 13.8 Å². The van der Waals surface area contributed by atoms with Gasteiger partial charge >= 0.3 is 0 Å². The molecule has 80 valence electrons. The minimum Gasteiger partial charge on any atom is -0.219 e. The monoisotopic (exact) mass is 216 g/mol. The number of aryl methyl sites for hydroxylation is 1. The average molecular weight is 216 g/mol. The van der Waals surface area contributed by atoms with Gasteiger partial charge in [0, 0.05) is 5.56 Å². The molecule has 0 aliphatic carbocycles. The van der Waals surface area contributed by atoms with E-state index in [9.17, 15) is 4.39 Å². The lowest BCUT2D eigenvalue weighted by Crippen LogP contribution is -2.01. The molecular formula is C11H9FN4. The van der Waals surface area contributed by atoms with E-state index in [0.29, 0.717) is 16.8 Å². The Hall–Kier alpha value is -2.22. The number of aromatic nitrogens is 3. The average Bonchev–Trinajstić information content (AvgIpc) is 2.74. The summed E-state index contributed by atoms with van der Waals surface area (Å²) in [6, 6.07) is 5.30. The maximum atomic E-state index is 13.6. The number of halogens is 1. The first-order valence-electron chi connectivity index (χ1n) is 4.72. The van der Waals surface area contributed by atoms with Crippen molar-refractivity contribution in [3.05, 3.63) is 41.0 Å². The lowest BCUT2D eigenvalue weighted by atomic mass is 10.1. The molecule has 4 nitrogen and oxygen atoms in total. The normalized spacial score (nSPS) is 10.1. The van der Waals surface area contributed by atoms with Crippen LogP contribution in [-0.2, 0) is 0 Å². The van der Waals surface area contributed by atoms with Crippen LogP contribution in [0.1, 0.15) is 16.8 Å². The summed E-state index contributed by atoms with van der Waals surface area (Å²) in [6.45, 7) is 3.37. The molecule has 0 spiro atoms. The molecule has 0 bridgehead atoms. The van der Waals surface area contributed by atoms with E-state index in [2.05, 4.69) is 10.3 Å². The van der Waals surface area contributed by atoms with Crippen LogP contribution in [0.2, 0.25) is 0 Å². The molecule has 1 aromatic heterocycles. The molecule has 0 amide bonds. The fraction of sp³-hybridized carbons (Fsp3) is 0.182. The highest BCUT2D eigenvalue weighted by atomic mass is 19.1. The van der Waals surface area contributed by atoms with Crippen LogP contribution in [-0.4, -0.2) is 15.0 Å². The number of hydrogen-bond acceptors (Lipinski definition) is 3. The molecule has 0 fully saturated rings. The van der Waals surface area contributed by atoms with Gasteiger partial charge in [0.25, 0.3) is 0 Å². The molecule has 0 atom stereocenters. The van der Waals surface area contributed by atoms with Crippen LogP contribution in [0.15, 0.2) is 18.3 Å². The molecule has 5 heteroatoms. The van der Waals surface area contributed by atoms with Crippen molar-refractivity contribution >= 4 is 0 Å². The highest BCUT2D eigenvalue weighted by molar-refractivity contribution is 5.43. The molecule has 0 saturated carbocycles. The fourth-order valence-electron chi connectivity index (χ4n) is 1.49. The second-order valence-corrected chi connectivity index (χ2v) is 3.50. The summed E-state index contributed by atoms with van der Waals surface area (Å²) < 4.78 is 15.0. The Morgan fingerprint density at radius 1 is 1.38 bits per heavy atom. The first kappa shape index (κ1) is 10.3. The zero-order valence-electron chi connectivity index (χ0n) is 8.90. The van der Waals surface area contributed by atoms with Gasteiger partial charge in [-0.25, -0.2) is 9.07 Å². The van der Waals surface area contributed by atoms with Crippen molar-refractivity contribution in [1.82, 2.24) is 15.0 Å². The van der Waals surface area contributed by atoms with Crippen molar-refractivity contribution in [3.63, 3.8) is 0 Å². The molecular weight excluding hydrogens is 207 g/mol. The summed E-state index contributed by atoms with van der Waals surface area (Å²) in [4.78, 5) is 0. The third kappa shape index (κ3) is 1.54. The highest BCUT2D eigenvalue weighted by Crippen LogP contribution is 2.19. The van der Waals surface area contributed by atoms with Crippen LogP contribution in [0.3, 0.4) is 0 Å². The van der Waals surface area contributed by atoms with E-state index in [-0.39, 0.29) is 11.5 Å². The van der Waals surface area contributed by atoms with Gasteiger partial charge in [-0.1, -0.05) is 11.3 Å². The zero-order chi connectivity index (χ0) is 11.7. The van der Waals surface area contributed by atoms with Crippen molar-refractivity contribution in [2.24, 2.45) is 0 Å². The highest BCUT2D eigenvalue weighted by Gasteiger charge is 2.10. The van der Waals surface area contributed by atoms with Crippen molar-refractivity contribution in [2.75, 3.05) is 0 Å². The Kier molecular flexibility index (Phi) is 2.41. The predicted octanol–water partition coefficient (Wildman–Crippen LogP) is 1.89. The van der Waals surface area contributed by atoms with Crippen LogP contribution in [0, 0.1) is 31.0 Å². The third-order valence-corrected chi connectivity index (χ3v) is 2.41. The molecule has 0 N–H and O–H groups in total. The van der Waals surface area contributed by atoms with E-state index in [4.69, 9.17) is 5.26 Å². The van der Waals surface area contributed by atoms with Gasteiger partial charge < -0.3 is 0 Å². The molecule has 2 aromatic rings. The van der Waals surface area contributed by atoms with Crippen molar-refractivity contribution < 1.29 is 4.39 Å². The number of nitriles is 1. The fourth-order valence-corrected chi connectivity index (χ4v) is 1.49. The summed E-state index contributed by atoms with van der Waals surface area (Å²) in [5.41, 5.74) is 1.88. The molecule has 2 rings (SSSR count). The van der Waals surface area contributed by atoms with Crippen LogP contribution >= 0.6 is 0 Å². The molecule has 0 saturated heterocycles. The lowest BCUT2D eigenvalue weighted by molar-refractivity contribution is 0.605. The van der Waals surface area contributed by atoms with Crippen LogP contribution in [0.25, 0.3) is 5.69 Å². The van der Waals surface area contributed by atoms with Gasteiger partial charge in [-0.15, -0.1) is 5.10 Å². The third-order valence-electron chi connectivity index (χ3n) is 2.41.